The smallest absolute Gasteiger partial charge is 0.180 e. The second kappa shape index (κ2) is 10.5. The van der Waals surface area contributed by atoms with E-state index in [1.54, 1.807) is 6.07 Å². The van der Waals surface area contributed by atoms with Crippen LogP contribution in [-0.2, 0) is 12.4 Å². The summed E-state index contributed by atoms with van der Waals surface area (Å²) in [6, 6.07) is 17.4. The van der Waals surface area contributed by atoms with Crippen molar-refractivity contribution >= 4 is 23.1 Å². The standard InChI is InChI=1S/C22H18F3N3OS/c23-18-8-6-17(11-19(18)24)13-29-21-9-7-16(10-20(21)25)12-27-28-22(26)30-14-15-4-2-1-3-5-15/h1-12H,13-14H2,(H2,26,28). The third-order valence-corrected chi connectivity index (χ3v) is 4.78. The normalized spacial score (nSPS) is 11.8. The Morgan fingerprint density at radius 3 is 2.43 bits per heavy atom. The third-order valence-electron chi connectivity index (χ3n) is 3.93. The van der Waals surface area contributed by atoms with Crippen molar-refractivity contribution in [3.63, 3.8) is 0 Å². The first-order valence-corrected chi connectivity index (χ1v) is 9.89. The van der Waals surface area contributed by atoms with Crippen molar-refractivity contribution < 1.29 is 17.9 Å². The van der Waals surface area contributed by atoms with Gasteiger partial charge in [0.05, 0.1) is 6.21 Å². The topological polar surface area (TPSA) is 60.0 Å². The molecule has 0 aromatic heterocycles. The van der Waals surface area contributed by atoms with Crippen LogP contribution in [0.4, 0.5) is 13.2 Å². The van der Waals surface area contributed by atoms with Crippen LogP contribution >= 0.6 is 11.8 Å². The summed E-state index contributed by atoms with van der Waals surface area (Å²) in [6.07, 6.45) is 1.37. The van der Waals surface area contributed by atoms with Crippen LogP contribution in [0.25, 0.3) is 0 Å². The molecule has 0 aliphatic carbocycles. The number of rotatable bonds is 7. The molecule has 3 rings (SSSR count). The molecule has 30 heavy (non-hydrogen) atoms. The lowest BCUT2D eigenvalue weighted by molar-refractivity contribution is 0.289. The van der Waals surface area contributed by atoms with Crippen LogP contribution in [0.2, 0.25) is 0 Å². The van der Waals surface area contributed by atoms with Gasteiger partial charge in [-0.3, -0.25) is 0 Å². The maximum Gasteiger partial charge on any atom is 0.180 e. The highest BCUT2D eigenvalue weighted by molar-refractivity contribution is 8.13. The SMILES string of the molecule is NC(=NN=Cc1ccc(OCc2ccc(F)c(F)c2)c(F)c1)SCc1ccccc1. The first-order chi connectivity index (χ1) is 14.5. The summed E-state index contributed by atoms with van der Waals surface area (Å²) in [5.74, 6) is -1.89. The molecule has 0 aliphatic rings. The molecule has 3 aromatic carbocycles. The second-order valence-corrected chi connectivity index (χ2v) is 7.18. The molecule has 0 aliphatic heterocycles. The highest BCUT2D eigenvalue weighted by Gasteiger charge is 2.07. The van der Waals surface area contributed by atoms with Crippen molar-refractivity contribution in [3.8, 4) is 5.75 Å². The number of nitrogens with two attached hydrogens (primary N) is 1. The van der Waals surface area contributed by atoms with E-state index in [2.05, 4.69) is 10.2 Å². The molecule has 0 unspecified atom stereocenters. The third kappa shape index (κ3) is 6.38. The average Bonchev–Trinajstić information content (AvgIpc) is 2.75. The molecular weight excluding hydrogens is 411 g/mol. The van der Waals surface area contributed by atoms with Crippen molar-refractivity contribution in [2.24, 2.45) is 15.9 Å². The number of thioether (sulfide) groups is 1. The Labute approximate surface area is 176 Å². The molecule has 0 saturated carbocycles. The van der Waals surface area contributed by atoms with Crippen LogP contribution in [0.15, 0.2) is 76.9 Å². The molecule has 154 valence electrons. The molecule has 0 amide bonds. The van der Waals surface area contributed by atoms with Crippen LogP contribution < -0.4 is 10.5 Å². The van der Waals surface area contributed by atoms with Gasteiger partial charge in [-0.25, -0.2) is 13.2 Å². The number of amidine groups is 1. The maximum atomic E-state index is 14.2. The van der Waals surface area contributed by atoms with Gasteiger partial charge in [0.2, 0.25) is 0 Å². The number of hydrogen-bond donors (Lipinski definition) is 1. The van der Waals surface area contributed by atoms with E-state index in [1.807, 2.05) is 30.3 Å². The summed E-state index contributed by atoms with van der Waals surface area (Å²) in [4.78, 5) is 0. The van der Waals surface area contributed by atoms with Gasteiger partial charge in [0.15, 0.2) is 28.4 Å². The van der Waals surface area contributed by atoms with Crippen LogP contribution in [0.1, 0.15) is 16.7 Å². The molecule has 0 radical (unpaired) electrons. The Bertz CT molecular complexity index is 1060. The monoisotopic (exact) mass is 429 g/mol. The summed E-state index contributed by atoms with van der Waals surface area (Å²) in [6.45, 7) is -0.0962. The van der Waals surface area contributed by atoms with Crippen LogP contribution in [0.3, 0.4) is 0 Å². The van der Waals surface area contributed by atoms with Crippen molar-refractivity contribution in [2.75, 3.05) is 0 Å². The fourth-order valence-electron chi connectivity index (χ4n) is 2.42. The van der Waals surface area contributed by atoms with E-state index in [4.69, 9.17) is 10.5 Å². The van der Waals surface area contributed by atoms with E-state index in [0.717, 1.165) is 17.7 Å². The highest BCUT2D eigenvalue weighted by atomic mass is 32.2. The van der Waals surface area contributed by atoms with Gasteiger partial charge in [0.1, 0.15) is 6.61 Å². The molecular formula is C22H18F3N3OS. The van der Waals surface area contributed by atoms with Gasteiger partial charge < -0.3 is 10.5 Å². The summed E-state index contributed by atoms with van der Waals surface area (Å²) in [7, 11) is 0. The van der Waals surface area contributed by atoms with Gasteiger partial charge in [-0.15, -0.1) is 5.10 Å². The Balaban J connectivity index is 1.54. The maximum absolute atomic E-state index is 14.2. The molecule has 4 nitrogen and oxygen atoms in total. The number of nitrogens with zero attached hydrogens (tertiary/aromatic N) is 2. The van der Waals surface area contributed by atoms with Crippen molar-refractivity contribution in [1.29, 1.82) is 0 Å². The van der Waals surface area contributed by atoms with Crippen LogP contribution in [-0.4, -0.2) is 11.4 Å². The molecule has 0 fully saturated rings. The van der Waals surface area contributed by atoms with Gasteiger partial charge in [0.25, 0.3) is 0 Å². The summed E-state index contributed by atoms with van der Waals surface area (Å²) < 4.78 is 45.7. The minimum atomic E-state index is -0.982. The lowest BCUT2D eigenvalue weighted by Gasteiger charge is -2.08. The fraction of sp³-hybridized carbons (Fsp3) is 0.0909. The average molecular weight is 429 g/mol. The van der Waals surface area contributed by atoms with E-state index in [1.165, 1.54) is 36.2 Å². The summed E-state index contributed by atoms with van der Waals surface area (Å²) in [5, 5.41) is 8.05. The predicted molar refractivity (Wildman–Crippen MR) is 114 cm³/mol. The summed E-state index contributed by atoms with van der Waals surface area (Å²) in [5.41, 5.74) is 7.78. The fourth-order valence-corrected chi connectivity index (χ4v) is 3.03. The molecule has 0 bridgehead atoms. The minimum absolute atomic E-state index is 0.0154. The van der Waals surface area contributed by atoms with Gasteiger partial charge in [0, 0.05) is 5.75 Å². The van der Waals surface area contributed by atoms with Gasteiger partial charge in [-0.1, -0.05) is 48.2 Å². The number of hydrogen-bond acceptors (Lipinski definition) is 4. The Morgan fingerprint density at radius 1 is 0.900 bits per heavy atom. The van der Waals surface area contributed by atoms with Crippen molar-refractivity contribution in [3.05, 3.63) is 101 Å². The zero-order valence-corrected chi connectivity index (χ0v) is 16.6. The van der Waals surface area contributed by atoms with E-state index in [-0.39, 0.29) is 12.4 Å². The number of halogens is 3. The zero-order valence-electron chi connectivity index (χ0n) is 15.8. The predicted octanol–water partition coefficient (Wildman–Crippen LogP) is 5.26. The van der Waals surface area contributed by atoms with E-state index < -0.39 is 17.5 Å². The van der Waals surface area contributed by atoms with Crippen LogP contribution in [0, 0.1) is 17.5 Å². The Hall–Kier alpha value is -3.26. The number of benzene rings is 3. The van der Waals surface area contributed by atoms with Gasteiger partial charge >= 0.3 is 0 Å². The second-order valence-electron chi connectivity index (χ2n) is 6.18. The molecule has 3 aromatic rings. The van der Waals surface area contributed by atoms with Crippen LogP contribution in [0.5, 0.6) is 5.75 Å². The first kappa shape index (κ1) is 21.4. The Morgan fingerprint density at radius 2 is 1.70 bits per heavy atom. The molecule has 2 N–H and O–H groups in total. The van der Waals surface area contributed by atoms with Crippen molar-refractivity contribution in [1.82, 2.24) is 0 Å². The molecule has 0 atom stereocenters. The Kier molecular flexibility index (Phi) is 7.51. The molecule has 0 saturated heterocycles. The van der Waals surface area contributed by atoms with Crippen molar-refractivity contribution in [2.45, 2.75) is 12.4 Å². The molecule has 8 heteroatoms. The first-order valence-electron chi connectivity index (χ1n) is 8.91. The lowest BCUT2D eigenvalue weighted by Crippen LogP contribution is -2.06. The largest absolute Gasteiger partial charge is 0.486 e. The highest BCUT2D eigenvalue weighted by Crippen LogP contribution is 2.20. The van der Waals surface area contributed by atoms with E-state index in [9.17, 15) is 13.2 Å². The summed E-state index contributed by atoms with van der Waals surface area (Å²) >= 11 is 1.35. The zero-order chi connectivity index (χ0) is 21.3. The lowest BCUT2D eigenvalue weighted by atomic mass is 10.2. The van der Waals surface area contributed by atoms with E-state index in [0.29, 0.717) is 22.0 Å². The van der Waals surface area contributed by atoms with Gasteiger partial charge in [-0.05, 0) is 47.0 Å². The minimum Gasteiger partial charge on any atom is -0.486 e. The molecule has 0 heterocycles. The van der Waals surface area contributed by atoms with E-state index >= 15 is 0 Å². The van der Waals surface area contributed by atoms with Gasteiger partial charge in [-0.2, -0.15) is 5.10 Å². The number of ether oxygens (including phenoxy) is 1. The quantitative estimate of drug-likeness (QED) is 0.316. The molecule has 0 spiro atoms.